The van der Waals surface area contributed by atoms with E-state index in [2.05, 4.69) is 5.32 Å². The molecule has 5 heteroatoms. The minimum Gasteiger partial charge on any atom is -0.347 e. The first kappa shape index (κ1) is 8.70. The fourth-order valence-corrected chi connectivity index (χ4v) is 1.15. The standard InChI is InChI=1S/C7H10N2O3/c1-9-6(11)3-2-5(7(9)12)8-4-10/h4-5H,2-3H2,1H3,(H,8,10). The Labute approximate surface area is 69.7 Å². The molecule has 1 aliphatic rings. The fraction of sp³-hybridized carbons (Fsp3) is 0.571. The van der Waals surface area contributed by atoms with Gasteiger partial charge < -0.3 is 5.32 Å². The van der Waals surface area contributed by atoms with Crippen LogP contribution in [0.3, 0.4) is 0 Å². The first-order valence-corrected chi connectivity index (χ1v) is 3.67. The van der Waals surface area contributed by atoms with Crippen LogP contribution in [0.25, 0.3) is 0 Å². The highest BCUT2D eigenvalue weighted by molar-refractivity contribution is 6.00. The maximum atomic E-state index is 11.2. The Morgan fingerprint density at radius 1 is 1.58 bits per heavy atom. The lowest BCUT2D eigenvalue weighted by molar-refractivity contribution is -0.148. The molecule has 0 bridgehead atoms. The quantitative estimate of drug-likeness (QED) is 0.421. The molecule has 0 spiro atoms. The predicted octanol–water partition coefficient (Wildman–Crippen LogP) is -1.12. The molecule has 1 rings (SSSR count). The molecule has 3 amide bonds. The van der Waals surface area contributed by atoms with Crippen LogP contribution < -0.4 is 5.32 Å². The molecule has 66 valence electrons. The molecule has 0 saturated carbocycles. The highest BCUT2D eigenvalue weighted by Gasteiger charge is 2.30. The van der Waals surface area contributed by atoms with Crippen molar-refractivity contribution >= 4 is 18.2 Å². The van der Waals surface area contributed by atoms with Crippen molar-refractivity contribution in [2.45, 2.75) is 18.9 Å². The molecule has 0 aromatic heterocycles. The lowest BCUT2D eigenvalue weighted by Crippen LogP contribution is -2.51. The average Bonchev–Trinajstić information content (AvgIpc) is 2.07. The van der Waals surface area contributed by atoms with Crippen molar-refractivity contribution in [3.05, 3.63) is 0 Å². The number of likely N-dealkylation sites (tertiary alicyclic amines) is 1. The van der Waals surface area contributed by atoms with Crippen molar-refractivity contribution in [3.8, 4) is 0 Å². The Bertz CT molecular complexity index is 227. The van der Waals surface area contributed by atoms with Gasteiger partial charge in [0.2, 0.25) is 12.3 Å². The van der Waals surface area contributed by atoms with E-state index in [1.807, 2.05) is 0 Å². The van der Waals surface area contributed by atoms with Crippen LogP contribution in [0, 0.1) is 0 Å². The third kappa shape index (κ3) is 1.44. The molecule has 1 unspecified atom stereocenters. The lowest BCUT2D eigenvalue weighted by Gasteiger charge is -2.26. The van der Waals surface area contributed by atoms with E-state index in [1.165, 1.54) is 7.05 Å². The van der Waals surface area contributed by atoms with Gasteiger partial charge in [-0.3, -0.25) is 19.3 Å². The van der Waals surface area contributed by atoms with Gasteiger partial charge in [0.15, 0.2) is 0 Å². The number of amides is 3. The Hall–Kier alpha value is -1.39. The minimum atomic E-state index is -0.523. The topological polar surface area (TPSA) is 66.5 Å². The summed E-state index contributed by atoms with van der Waals surface area (Å²) in [6.45, 7) is 0. The molecule has 1 saturated heterocycles. The maximum Gasteiger partial charge on any atom is 0.251 e. The van der Waals surface area contributed by atoms with Crippen molar-refractivity contribution < 1.29 is 14.4 Å². The van der Waals surface area contributed by atoms with Crippen LogP contribution in [0.15, 0.2) is 0 Å². The second kappa shape index (κ2) is 3.34. The molecule has 5 nitrogen and oxygen atoms in total. The van der Waals surface area contributed by atoms with Gasteiger partial charge in [-0.15, -0.1) is 0 Å². The van der Waals surface area contributed by atoms with Crippen LogP contribution >= 0.6 is 0 Å². The summed E-state index contributed by atoms with van der Waals surface area (Å²) in [5.74, 6) is -0.526. The van der Waals surface area contributed by atoms with Gasteiger partial charge in [0.25, 0.3) is 5.91 Å². The summed E-state index contributed by atoms with van der Waals surface area (Å²) < 4.78 is 0. The summed E-state index contributed by atoms with van der Waals surface area (Å²) in [4.78, 5) is 33.2. The monoisotopic (exact) mass is 170 g/mol. The van der Waals surface area contributed by atoms with Crippen LogP contribution in [0.5, 0.6) is 0 Å². The van der Waals surface area contributed by atoms with Gasteiger partial charge in [-0.2, -0.15) is 0 Å². The van der Waals surface area contributed by atoms with E-state index in [0.29, 0.717) is 19.3 Å². The zero-order valence-electron chi connectivity index (χ0n) is 6.74. The molecular formula is C7H10N2O3. The number of imide groups is 1. The van der Waals surface area contributed by atoms with Crippen molar-refractivity contribution in [1.82, 2.24) is 10.2 Å². The Morgan fingerprint density at radius 3 is 2.83 bits per heavy atom. The number of nitrogens with zero attached hydrogens (tertiary/aromatic N) is 1. The van der Waals surface area contributed by atoms with E-state index in [-0.39, 0.29) is 11.8 Å². The van der Waals surface area contributed by atoms with E-state index < -0.39 is 6.04 Å². The summed E-state index contributed by atoms with van der Waals surface area (Å²) >= 11 is 0. The summed E-state index contributed by atoms with van der Waals surface area (Å²) in [7, 11) is 1.42. The second-order valence-electron chi connectivity index (χ2n) is 2.67. The number of carbonyl (C=O) groups is 3. The van der Waals surface area contributed by atoms with Crippen molar-refractivity contribution in [1.29, 1.82) is 0 Å². The molecule has 1 aliphatic heterocycles. The normalized spacial score (nSPS) is 24.1. The molecule has 1 heterocycles. The van der Waals surface area contributed by atoms with Crippen molar-refractivity contribution in [3.63, 3.8) is 0 Å². The summed E-state index contributed by atoms with van der Waals surface area (Å²) in [5, 5.41) is 2.36. The molecule has 0 aliphatic carbocycles. The Morgan fingerprint density at radius 2 is 2.25 bits per heavy atom. The first-order chi connectivity index (χ1) is 5.66. The molecule has 0 aromatic rings. The molecule has 1 N–H and O–H groups in total. The van der Waals surface area contributed by atoms with Crippen LogP contribution in [0.2, 0.25) is 0 Å². The van der Waals surface area contributed by atoms with Gasteiger partial charge in [0.05, 0.1) is 0 Å². The molecular weight excluding hydrogens is 160 g/mol. The number of hydrogen-bond acceptors (Lipinski definition) is 3. The third-order valence-corrected chi connectivity index (χ3v) is 1.92. The fourth-order valence-electron chi connectivity index (χ4n) is 1.15. The number of piperidine rings is 1. The molecule has 12 heavy (non-hydrogen) atoms. The van der Waals surface area contributed by atoms with Crippen molar-refractivity contribution in [2.24, 2.45) is 0 Å². The second-order valence-corrected chi connectivity index (χ2v) is 2.67. The van der Waals surface area contributed by atoms with Crippen LogP contribution in [0.1, 0.15) is 12.8 Å². The van der Waals surface area contributed by atoms with Crippen molar-refractivity contribution in [2.75, 3.05) is 7.05 Å². The minimum absolute atomic E-state index is 0.191. The van der Waals surface area contributed by atoms with Crippen LogP contribution in [-0.2, 0) is 14.4 Å². The van der Waals surface area contributed by atoms with Crippen LogP contribution in [0.4, 0.5) is 0 Å². The largest absolute Gasteiger partial charge is 0.347 e. The van der Waals surface area contributed by atoms with Gasteiger partial charge in [0.1, 0.15) is 6.04 Å². The highest BCUT2D eigenvalue weighted by Crippen LogP contribution is 2.10. The van der Waals surface area contributed by atoms with E-state index in [1.54, 1.807) is 0 Å². The van der Waals surface area contributed by atoms with E-state index >= 15 is 0 Å². The summed E-state index contributed by atoms with van der Waals surface area (Å²) in [6.07, 6.45) is 1.20. The van der Waals surface area contributed by atoms with Gasteiger partial charge in [-0.05, 0) is 6.42 Å². The van der Waals surface area contributed by atoms with Gasteiger partial charge in [-0.25, -0.2) is 0 Å². The SMILES string of the molecule is CN1C(=O)CCC(NC=O)C1=O. The van der Waals surface area contributed by atoms with Gasteiger partial charge >= 0.3 is 0 Å². The number of carbonyl (C=O) groups excluding carboxylic acids is 3. The molecule has 1 fully saturated rings. The zero-order valence-corrected chi connectivity index (χ0v) is 6.74. The Kier molecular flexibility index (Phi) is 2.42. The number of nitrogens with one attached hydrogen (secondary N) is 1. The predicted molar refractivity (Wildman–Crippen MR) is 40.0 cm³/mol. The molecule has 1 atom stereocenters. The van der Waals surface area contributed by atoms with Crippen LogP contribution in [-0.4, -0.2) is 36.2 Å². The van der Waals surface area contributed by atoms with E-state index in [4.69, 9.17) is 0 Å². The van der Waals surface area contributed by atoms with E-state index in [9.17, 15) is 14.4 Å². The molecule has 0 aromatic carbocycles. The Balaban J connectivity index is 2.64. The third-order valence-electron chi connectivity index (χ3n) is 1.92. The number of rotatable bonds is 2. The summed E-state index contributed by atoms with van der Waals surface area (Å²) in [5.41, 5.74) is 0. The van der Waals surface area contributed by atoms with Gasteiger partial charge in [0, 0.05) is 13.5 Å². The average molecular weight is 170 g/mol. The lowest BCUT2D eigenvalue weighted by atomic mass is 10.1. The number of hydrogen-bond donors (Lipinski definition) is 1. The highest BCUT2D eigenvalue weighted by atomic mass is 16.2. The summed E-state index contributed by atoms with van der Waals surface area (Å²) in [6, 6.07) is -0.523. The van der Waals surface area contributed by atoms with Gasteiger partial charge in [-0.1, -0.05) is 0 Å². The van der Waals surface area contributed by atoms with E-state index in [0.717, 1.165) is 4.90 Å². The maximum absolute atomic E-state index is 11.2. The first-order valence-electron chi connectivity index (χ1n) is 3.67. The molecule has 0 radical (unpaired) electrons. The number of likely N-dealkylation sites (N-methyl/N-ethyl adjacent to an activating group) is 1. The smallest absolute Gasteiger partial charge is 0.251 e. The zero-order chi connectivity index (χ0) is 9.14.